The van der Waals surface area contributed by atoms with E-state index in [1.165, 1.54) is 26.2 Å². The molecule has 0 N–H and O–H groups in total. The number of hydrogen-bond donors (Lipinski definition) is 0. The molecule has 0 heterocycles. The van der Waals surface area contributed by atoms with Crippen LogP contribution in [0.3, 0.4) is 0 Å². The van der Waals surface area contributed by atoms with E-state index in [9.17, 15) is 9.59 Å². The minimum atomic E-state index is -0.405. The SMILES string of the molecule is C=CC/C=C\C/C=C\CCCCCCCc1cccc(OC(C)=O)c1C=O. The third-order valence-electron chi connectivity index (χ3n) is 4.25. The fraction of sp³-hybridized carbons (Fsp3) is 0.417. The summed E-state index contributed by atoms with van der Waals surface area (Å²) in [6, 6.07) is 5.43. The van der Waals surface area contributed by atoms with Crippen LogP contribution >= 0.6 is 0 Å². The maximum Gasteiger partial charge on any atom is 0.308 e. The summed E-state index contributed by atoms with van der Waals surface area (Å²) >= 11 is 0. The van der Waals surface area contributed by atoms with Gasteiger partial charge in [-0.2, -0.15) is 0 Å². The molecule has 0 aliphatic heterocycles. The molecule has 3 heteroatoms. The number of carbonyl (C=O) groups excluding carboxylic acids is 2. The van der Waals surface area contributed by atoms with E-state index >= 15 is 0 Å². The Kier molecular flexibility index (Phi) is 12.3. The molecule has 0 bridgehead atoms. The van der Waals surface area contributed by atoms with Crippen LogP contribution < -0.4 is 4.74 Å². The highest BCUT2D eigenvalue weighted by molar-refractivity contribution is 5.83. The Hall–Kier alpha value is -2.42. The molecule has 27 heavy (non-hydrogen) atoms. The highest BCUT2D eigenvalue weighted by Crippen LogP contribution is 2.23. The molecule has 0 aliphatic carbocycles. The highest BCUT2D eigenvalue weighted by Gasteiger charge is 2.10. The van der Waals surface area contributed by atoms with Crippen LogP contribution in [0.5, 0.6) is 5.75 Å². The van der Waals surface area contributed by atoms with E-state index in [2.05, 4.69) is 30.9 Å². The molecule has 0 amide bonds. The Balaban J connectivity index is 2.20. The molecule has 1 aromatic rings. The minimum Gasteiger partial charge on any atom is -0.426 e. The number of allylic oxidation sites excluding steroid dienone is 5. The standard InChI is InChI=1S/C24H32O3/c1-3-4-5-6-7-8-9-10-11-12-13-14-15-17-22-18-16-19-24(23(22)20-25)27-21(2)26/h3,5-6,8-9,16,18-20H,1,4,7,10-15,17H2,2H3/b6-5-,9-8-. The second kappa shape index (κ2) is 14.7. The van der Waals surface area contributed by atoms with Crippen LogP contribution in [0.2, 0.25) is 0 Å². The summed E-state index contributed by atoms with van der Waals surface area (Å²) in [5.41, 5.74) is 1.45. The van der Waals surface area contributed by atoms with Crippen LogP contribution in [0, 0.1) is 0 Å². The molecule has 0 aliphatic rings. The van der Waals surface area contributed by atoms with Gasteiger partial charge in [-0.1, -0.05) is 61.8 Å². The molecule has 0 fully saturated rings. The first-order valence-electron chi connectivity index (χ1n) is 9.85. The lowest BCUT2D eigenvalue weighted by Gasteiger charge is -2.09. The maximum absolute atomic E-state index is 11.4. The molecular weight excluding hydrogens is 336 g/mol. The summed E-state index contributed by atoms with van der Waals surface area (Å²) < 4.78 is 5.11. The predicted molar refractivity (Wildman–Crippen MR) is 112 cm³/mol. The maximum atomic E-state index is 11.4. The lowest BCUT2D eigenvalue weighted by atomic mass is 10.00. The number of benzene rings is 1. The molecule has 146 valence electrons. The Morgan fingerprint density at radius 2 is 1.70 bits per heavy atom. The van der Waals surface area contributed by atoms with E-state index in [0.29, 0.717) is 11.3 Å². The summed E-state index contributed by atoms with van der Waals surface area (Å²) in [6.07, 6.45) is 21.2. The molecule has 0 radical (unpaired) electrons. The second-order valence-electron chi connectivity index (χ2n) is 6.55. The summed E-state index contributed by atoms with van der Waals surface area (Å²) in [6.45, 7) is 5.03. The monoisotopic (exact) mass is 368 g/mol. The first kappa shape index (κ1) is 22.6. The van der Waals surface area contributed by atoms with Gasteiger partial charge in [-0.25, -0.2) is 0 Å². The number of hydrogen-bond acceptors (Lipinski definition) is 3. The first-order chi connectivity index (χ1) is 13.2. The third-order valence-corrected chi connectivity index (χ3v) is 4.25. The largest absolute Gasteiger partial charge is 0.426 e. The van der Waals surface area contributed by atoms with Crippen molar-refractivity contribution in [3.63, 3.8) is 0 Å². The quantitative estimate of drug-likeness (QED) is 0.126. The normalized spacial score (nSPS) is 11.1. The van der Waals surface area contributed by atoms with E-state index in [1.807, 2.05) is 18.2 Å². The van der Waals surface area contributed by atoms with Gasteiger partial charge in [0.15, 0.2) is 6.29 Å². The zero-order valence-electron chi connectivity index (χ0n) is 16.5. The average molecular weight is 369 g/mol. The fourth-order valence-electron chi connectivity index (χ4n) is 2.87. The highest BCUT2D eigenvalue weighted by atomic mass is 16.5. The number of ether oxygens (including phenoxy) is 1. The smallest absolute Gasteiger partial charge is 0.308 e. The van der Waals surface area contributed by atoms with Gasteiger partial charge in [-0.3, -0.25) is 9.59 Å². The number of aldehydes is 1. The van der Waals surface area contributed by atoms with Crippen LogP contribution in [-0.4, -0.2) is 12.3 Å². The van der Waals surface area contributed by atoms with E-state index in [1.54, 1.807) is 6.07 Å². The van der Waals surface area contributed by atoms with Gasteiger partial charge < -0.3 is 4.74 Å². The van der Waals surface area contributed by atoms with E-state index in [4.69, 9.17) is 4.74 Å². The van der Waals surface area contributed by atoms with E-state index in [-0.39, 0.29) is 0 Å². The van der Waals surface area contributed by atoms with Crippen LogP contribution in [0.15, 0.2) is 55.2 Å². The minimum absolute atomic E-state index is 0.362. The molecule has 1 aromatic carbocycles. The first-order valence-corrected chi connectivity index (χ1v) is 9.85. The van der Waals surface area contributed by atoms with Crippen molar-refractivity contribution in [3.8, 4) is 5.75 Å². The molecule has 0 saturated heterocycles. The van der Waals surface area contributed by atoms with Gasteiger partial charge in [-0.15, -0.1) is 6.58 Å². The Morgan fingerprint density at radius 3 is 2.44 bits per heavy atom. The zero-order chi connectivity index (χ0) is 19.7. The van der Waals surface area contributed by atoms with Gasteiger partial charge >= 0.3 is 5.97 Å². The fourth-order valence-corrected chi connectivity index (χ4v) is 2.87. The zero-order valence-corrected chi connectivity index (χ0v) is 16.5. The third kappa shape index (κ3) is 10.3. The molecule has 0 saturated carbocycles. The van der Waals surface area contributed by atoms with Crippen molar-refractivity contribution in [1.29, 1.82) is 0 Å². The number of rotatable bonds is 14. The van der Waals surface area contributed by atoms with Gasteiger partial charge in [0.1, 0.15) is 5.75 Å². The lowest BCUT2D eigenvalue weighted by molar-refractivity contribution is -0.131. The van der Waals surface area contributed by atoms with Crippen molar-refractivity contribution >= 4 is 12.3 Å². The van der Waals surface area contributed by atoms with Crippen LogP contribution in [-0.2, 0) is 11.2 Å². The van der Waals surface area contributed by atoms with Crippen molar-refractivity contribution in [1.82, 2.24) is 0 Å². The van der Waals surface area contributed by atoms with Crippen molar-refractivity contribution in [3.05, 3.63) is 66.3 Å². The summed E-state index contributed by atoms with van der Waals surface area (Å²) in [5, 5.41) is 0. The van der Waals surface area contributed by atoms with E-state index < -0.39 is 5.97 Å². The van der Waals surface area contributed by atoms with Gasteiger partial charge in [0.25, 0.3) is 0 Å². The van der Waals surface area contributed by atoms with Crippen molar-refractivity contribution < 1.29 is 14.3 Å². The van der Waals surface area contributed by atoms with Gasteiger partial charge in [0.05, 0.1) is 5.56 Å². The molecule has 1 rings (SSSR count). The van der Waals surface area contributed by atoms with Crippen molar-refractivity contribution in [2.75, 3.05) is 0 Å². The Labute approximate surface area is 163 Å². The van der Waals surface area contributed by atoms with Crippen LogP contribution in [0.1, 0.15) is 74.2 Å². The van der Waals surface area contributed by atoms with Gasteiger partial charge in [0.2, 0.25) is 0 Å². The van der Waals surface area contributed by atoms with Gasteiger partial charge in [0, 0.05) is 6.92 Å². The lowest BCUT2D eigenvalue weighted by Crippen LogP contribution is -2.05. The Morgan fingerprint density at radius 1 is 1.00 bits per heavy atom. The van der Waals surface area contributed by atoms with Crippen LogP contribution in [0.25, 0.3) is 0 Å². The number of aryl methyl sites for hydroxylation is 1. The second-order valence-corrected chi connectivity index (χ2v) is 6.55. The topological polar surface area (TPSA) is 43.4 Å². The number of unbranched alkanes of at least 4 members (excludes halogenated alkanes) is 5. The van der Waals surface area contributed by atoms with Crippen LogP contribution in [0.4, 0.5) is 0 Å². The summed E-state index contributed by atoms with van der Waals surface area (Å²) in [5.74, 6) is -0.0433. The Bertz CT molecular complexity index is 641. The molecular formula is C24H32O3. The molecule has 3 nitrogen and oxygen atoms in total. The number of carbonyl (C=O) groups is 2. The number of esters is 1. The predicted octanol–water partition coefficient (Wildman–Crippen LogP) is 6.39. The summed E-state index contributed by atoms with van der Waals surface area (Å²) in [4.78, 5) is 22.5. The molecule has 0 atom stereocenters. The summed E-state index contributed by atoms with van der Waals surface area (Å²) in [7, 11) is 0. The van der Waals surface area contributed by atoms with Crippen molar-refractivity contribution in [2.45, 2.75) is 64.7 Å². The molecule has 0 unspecified atom stereocenters. The molecule has 0 spiro atoms. The van der Waals surface area contributed by atoms with Gasteiger partial charge in [-0.05, 0) is 50.2 Å². The molecule has 0 aromatic heterocycles. The van der Waals surface area contributed by atoms with E-state index in [0.717, 1.165) is 50.4 Å². The average Bonchev–Trinajstić information content (AvgIpc) is 2.65. The van der Waals surface area contributed by atoms with Crippen molar-refractivity contribution in [2.24, 2.45) is 0 Å².